The van der Waals surface area contributed by atoms with Gasteiger partial charge >= 0.3 is 0 Å². The summed E-state index contributed by atoms with van der Waals surface area (Å²) in [6.07, 6.45) is 4.02. The molecule has 1 saturated carbocycles. The fourth-order valence-corrected chi connectivity index (χ4v) is 0.765. The van der Waals surface area contributed by atoms with Crippen molar-refractivity contribution in [3.8, 4) is 0 Å². The number of aldehydes is 1. The summed E-state index contributed by atoms with van der Waals surface area (Å²) in [7, 11) is 0. The van der Waals surface area contributed by atoms with Crippen LogP contribution in [-0.4, -0.2) is 6.29 Å². The molecule has 8 heavy (non-hydrogen) atoms. The molecule has 0 aromatic carbocycles. The fraction of sp³-hybridized carbons (Fsp3) is 0.571. The molecule has 1 nitrogen and oxygen atoms in total. The SMILES string of the molecule is C=C(CC=O)C1CC1. The van der Waals surface area contributed by atoms with Gasteiger partial charge in [-0.25, -0.2) is 0 Å². The molecule has 44 valence electrons. The van der Waals surface area contributed by atoms with Crippen LogP contribution in [0.3, 0.4) is 0 Å². The molecule has 0 saturated heterocycles. The van der Waals surface area contributed by atoms with Crippen molar-refractivity contribution in [3.63, 3.8) is 0 Å². The maximum absolute atomic E-state index is 9.89. The molecule has 0 amide bonds. The van der Waals surface area contributed by atoms with Crippen LogP contribution in [0, 0.1) is 5.92 Å². The van der Waals surface area contributed by atoms with Crippen molar-refractivity contribution < 1.29 is 4.79 Å². The molecule has 1 aliphatic carbocycles. The monoisotopic (exact) mass is 110 g/mol. The Labute approximate surface area is 49.4 Å². The second-order valence-corrected chi connectivity index (χ2v) is 2.30. The molecule has 0 heterocycles. The first-order chi connectivity index (χ1) is 3.84. The second-order valence-electron chi connectivity index (χ2n) is 2.30. The predicted octanol–water partition coefficient (Wildman–Crippen LogP) is 1.54. The Morgan fingerprint density at radius 2 is 2.38 bits per heavy atom. The number of rotatable bonds is 3. The fourth-order valence-electron chi connectivity index (χ4n) is 0.765. The molecule has 1 rings (SSSR count). The van der Waals surface area contributed by atoms with Crippen molar-refractivity contribution in [3.05, 3.63) is 12.2 Å². The van der Waals surface area contributed by atoms with E-state index >= 15 is 0 Å². The number of hydrogen-bond acceptors (Lipinski definition) is 1. The maximum Gasteiger partial charge on any atom is 0.124 e. The molecule has 0 radical (unpaired) electrons. The highest BCUT2D eigenvalue weighted by atomic mass is 16.1. The minimum atomic E-state index is 0.574. The van der Waals surface area contributed by atoms with E-state index in [1.54, 1.807) is 0 Å². The summed E-state index contributed by atoms with van der Waals surface area (Å²) in [5.41, 5.74) is 1.12. The van der Waals surface area contributed by atoms with Gasteiger partial charge in [-0.15, -0.1) is 0 Å². The van der Waals surface area contributed by atoms with Crippen molar-refractivity contribution in [1.29, 1.82) is 0 Å². The molecule has 1 heteroatoms. The minimum Gasteiger partial charge on any atom is -0.303 e. The topological polar surface area (TPSA) is 17.1 Å². The summed E-state index contributed by atoms with van der Waals surface area (Å²) in [6.45, 7) is 3.78. The van der Waals surface area contributed by atoms with E-state index in [4.69, 9.17) is 0 Å². The predicted molar refractivity (Wildman–Crippen MR) is 32.5 cm³/mol. The van der Waals surface area contributed by atoms with Gasteiger partial charge in [0.15, 0.2) is 0 Å². The van der Waals surface area contributed by atoms with Crippen molar-refractivity contribution >= 4 is 6.29 Å². The van der Waals surface area contributed by atoms with E-state index in [2.05, 4.69) is 6.58 Å². The standard InChI is InChI=1S/C7H10O/c1-6(4-5-8)7-2-3-7/h5,7H,1-4H2. The number of hydrogen-bond donors (Lipinski definition) is 0. The van der Waals surface area contributed by atoms with Gasteiger partial charge < -0.3 is 4.79 Å². The number of allylic oxidation sites excluding steroid dienone is 1. The highest BCUT2D eigenvalue weighted by Crippen LogP contribution is 2.36. The lowest BCUT2D eigenvalue weighted by molar-refractivity contribution is -0.107. The molecule has 1 fully saturated rings. The van der Waals surface area contributed by atoms with E-state index in [9.17, 15) is 4.79 Å². The molecule has 0 bridgehead atoms. The summed E-state index contributed by atoms with van der Waals surface area (Å²) >= 11 is 0. The summed E-state index contributed by atoms with van der Waals surface area (Å²) in [4.78, 5) is 9.89. The van der Waals surface area contributed by atoms with Gasteiger partial charge in [0.05, 0.1) is 0 Å². The van der Waals surface area contributed by atoms with Crippen LogP contribution in [0.1, 0.15) is 19.3 Å². The molecule has 0 aromatic heterocycles. The van der Waals surface area contributed by atoms with E-state index in [1.165, 1.54) is 12.8 Å². The third-order valence-electron chi connectivity index (χ3n) is 1.50. The van der Waals surface area contributed by atoms with E-state index in [0.29, 0.717) is 12.3 Å². The van der Waals surface area contributed by atoms with Crippen LogP contribution in [0.25, 0.3) is 0 Å². The van der Waals surface area contributed by atoms with E-state index in [1.807, 2.05) is 0 Å². The van der Waals surface area contributed by atoms with Crippen molar-refractivity contribution in [2.24, 2.45) is 5.92 Å². The van der Waals surface area contributed by atoms with Crippen LogP contribution in [0.5, 0.6) is 0 Å². The Morgan fingerprint density at radius 1 is 1.75 bits per heavy atom. The van der Waals surface area contributed by atoms with Crippen LogP contribution < -0.4 is 0 Å². The van der Waals surface area contributed by atoms with Gasteiger partial charge in [-0.1, -0.05) is 12.2 Å². The Hall–Kier alpha value is -0.590. The van der Waals surface area contributed by atoms with Crippen LogP contribution >= 0.6 is 0 Å². The normalized spacial score (nSPS) is 18.0. The highest BCUT2D eigenvalue weighted by Gasteiger charge is 2.23. The quantitative estimate of drug-likeness (QED) is 0.398. The Morgan fingerprint density at radius 3 is 2.75 bits per heavy atom. The largest absolute Gasteiger partial charge is 0.303 e. The Bertz CT molecular complexity index is 112. The minimum absolute atomic E-state index is 0.574. The molecule has 0 aliphatic heterocycles. The summed E-state index contributed by atoms with van der Waals surface area (Å²) in [5, 5.41) is 0. The van der Waals surface area contributed by atoms with Gasteiger partial charge in [-0.3, -0.25) is 0 Å². The first kappa shape index (κ1) is 5.54. The van der Waals surface area contributed by atoms with Crippen LogP contribution in [0.4, 0.5) is 0 Å². The van der Waals surface area contributed by atoms with Crippen LogP contribution in [0.2, 0.25) is 0 Å². The molecule has 0 aromatic rings. The van der Waals surface area contributed by atoms with Gasteiger partial charge in [0.1, 0.15) is 6.29 Å². The van der Waals surface area contributed by atoms with Crippen molar-refractivity contribution in [1.82, 2.24) is 0 Å². The first-order valence-electron chi connectivity index (χ1n) is 2.96. The second kappa shape index (κ2) is 2.12. The third-order valence-corrected chi connectivity index (χ3v) is 1.50. The molecular formula is C7H10O. The van der Waals surface area contributed by atoms with Gasteiger partial charge in [0.2, 0.25) is 0 Å². The van der Waals surface area contributed by atoms with E-state index < -0.39 is 0 Å². The lowest BCUT2D eigenvalue weighted by Crippen LogP contribution is -1.82. The number of carbonyl (C=O) groups is 1. The summed E-state index contributed by atoms with van der Waals surface area (Å²) in [5.74, 6) is 0.695. The Kier molecular flexibility index (Phi) is 1.47. The lowest BCUT2D eigenvalue weighted by Gasteiger charge is -1.91. The average Bonchev–Trinajstić information content (AvgIpc) is 2.45. The van der Waals surface area contributed by atoms with E-state index in [-0.39, 0.29) is 0 Å². The van der Waals surface area contributed by atoms with E-state index in [0.717, 1.165) is 11.9 Å². The average molecular weight is 110 g/mol. The maximum atomic E-state index is 9.89. The van der Waals surface area contributed by atoms with Gasteiger partial charge in [0, 0.05) is 6.42 Å². The van der Waals surface area contributed by atoms with Crippen molar-refractivity contribution in [2.45, 2.75) is 19.3 Å². The molecule has 0 unspecified atom stereocenters. The van der Waals surface area contributed by atoms with Gasteiger partial charge in [0.25, 0.3) is 0 Å². The first-order valence-corrected chi connectivity index (χ1v) is 2.96. The molecule has 1 aliphatic rings. The Balaban J connectivity index is 2.22. The smallest absolute Gasteiger partial charge is 0.124 e. The van der Waals surface area contributed by atoms with Gasteiger partial charge in [-0.05, 0) is 18.8 Å². The van der Waals surface area contributed by atoms with Gasteiger partial charge in [-0.2, -0.15) is 0 Å². The summed E-state index contributed by atoms with van der Waals surface area (Å²) in [6, 6.07) is 0. The highest BCUT2D eigenvalue weighted by molar-refractivity contribution is 5.54. The molecule has 0 N–H and O–H groups in total. The molecule has 0 atom stereocenters. The van der Waals surface area contributed by atoms with Crippen LogP contribution in [-0.2, 0) is 4.79 Å². The third kappa shape index (κ3) is 1.19. The van der Waals surface area contributed by atoms with Crippen molar-refractivity contribution in [2.75, 3.05) is 0 Å². The molecular weight excluding hydrogens is 100 g/mol. The zero-order valence-corrected chi connectivity index (χ0v) is 4.89. The molecule has 0 spiro atoms. The zero-order valence-electron chi connectivity index (χ0n) is 4.89. The zero-order chi connectivity index (χ0) is 5.98. The number of carbonyl (C=O) groups excluding carboxylic acids is 1. The van der Waals surface area contributed by atoms with Crippen LogP contribution in [0.15, 0.2) is 12.2 Å². The lowest BCUT2D eigenvalue weighted by atomic mass is 10.1. The summed E-state index contributed by atoms with van der Waals surface area (Å²) < 4.78 is 0.